The Hall–Kier alpha value is -3.07. The predicted octanol–water partition coefficient (Wildman–Crippen LogP) is 2.74. The molecule has 1 atom stereocenters. The SMILES string of the molecule is COC(=O)C1=C(C)Nc2nc(=S)[nH]c(N)c2C1c1ccc(OC)cc1OC. The van der Waals surface area contributed by atoms with Gasteiger partial charge in [0.2, 0.25) is 0 Å². The van der Waals surface area contributed by atoms with Gasteiger partial charge in [0.05, 0.1) is 32.8 Å². The maximum Gasteiger partial charge on any atom is 0.336 e. The van der Waals surface area contributed by atoms with Crippen LogP contribution < -0.4 is 20.5 Å². The number of H-pyrrole nitrogens is 1. The Morgan fingerprint density at radius 1 is 1.26 bits per heavy atom. The van der Waals surface area contributed by atoms with Crippen molar-refractivity contribution in [3.05, 3.63) is 45.4 Å². The van der Waals surface area contributed by atoms with E-state index in [0.29, 0.717) is 40.0 Å². The van der Waals surface area contributed by atoms with E-state index in [9.17, 15) is 4.79 Å². The molecule has 0 radical (unpaired) electrons. The molecule has 8 nitrogen and oxygen atoms in total. The molecule has 27 heavy (non-hydrogen) atoms. The number of benzene rings is 1. The van der Waals surface area contributed by atoms with Gasteiger partial charge in [0.25, 0.3) is 0 Å². The lowest BCUT2D eigenvalue weighted by Gasteiger charge is -2.30. The first-order valence-corrected chi connectivity index (χ1v) is 8.49. The largest absolute Gasteiger partial charge is 0.497 e. The van der Waals surface area contributed by atoms with E-state index in [1.165, 1.54) is 7.11 Å². The molecule has 3 rings (SSSR count). The van der Waals surface area contributed by atoms with Gasteiger partial charge < -0.3 is 30.2 Å². The summed E-state index contributed by atoms with van der Waals surface area (Å²) in [5.41, 5.74) is 8.55. The smallest absolute Gasteiger partial charge is 0.336 e. The van der Waals surface area contributed by atoms with Gasteiger partial charge in [-0.05, 0) is 25.2 Å². The molecule has 1 aromatic carbocycles. The third-order valence-electron chi connectivity index (χ3n) is 4.44. The minimum Gasteiger partial charge on any atom is -0.497 e. The zero-order valence-electron chi connectivity index (χ0n) is 15.4. The topological polar surface area (TPSA) is 111 Å². The second-order valence-electron chi connectivity index (χ2n) is 5.91. The lowest BCUT2D eigenvalue weighted by Crippen LogP contribution is -2.26. The van der Waals surface area contributed by atoms with Crippen LogP contribution in [0.15, 0.2) is 29.5 Å². The van der Waals surface area contributed by atoms with E-state index in [1.54, 1.807) is 33.3 Å². The second-order valence-corrected chi connectivity index (χ2v) is 6.30. The molecule has 0 spiro atoms. The van der Waals surface area contributed by atoms with Gasteiger partial charge in [0.1, 0.15) is 23.1 Å². The maximum atomic E-state index is 12.6. The predicted molar refractivity (Wildman–Crippen MR) is 104 cm³/mol. The summed E-state index contributed by atoms with van der Waals surface area (Å²) in [7, 11) is 4.45. The van der Waals surface area contributed by atoms with Crippen molar-refractivity contribution in [2.75, 3.05) is 32.4 Å². The molecular formula is C18H20N4O4S. The third-order valence-corrected chi connectivity index (χ3v) is 4.64. The molecular weight excluding hydrogens is 368 g/mol. The van der Waals surface area contributed by atoms with Gasteiger partial charge >= 0.3 is 5.97 Å². The maximum absolute atomic E-state index is 12.6. The minimum absolute atomic E-state index is 0.244. The van der Waals surface area contributed by atoms with Gasteiger partial charge in [-0.3, -0.25) is 0 Å². The number of hydrogen-bond acceptors (Lipinski definition) is 8. The molecule has 0 saturated carbocycles. The summed E-state index contributed by atoms with van der Waals surface area (Å²) >= 11 is 5.13. The van der Waals surface area contributed by atoms with Crippen molar-refractivity contribution >= 4 is 29.8 Å². The van der Waals surface area contributed by atoms with E-state index >= 15 is 0 Å². The molecule has 0 saturated heterocycles. The van der Waals surface area contributed by atoms with Crippen molar-refractivity contribution in [2.24, 2.45) is 0 Å². The summed E-state index contributed by atoms with van der Waals surface area (Å²) in [6.45, 7) is 1.77. The first-order chi connectivity index (χ1) is 12.9. The third kappa shape index (κ3) is 3.21. The van der Waals surface area contributed by atoms with Crippen LogP contribution in [-0.2, 0) is 9.53 Å². The number of hydrogen-bond donors (Lipinski definition) is 3. The Bertz CT molecular complexity index is 999. The number of fused-ring (bicyclic) bond motifs is 1. The number of aromatic amines is 1. The van der Waals surface area contributed by atoms with Crippen molar-refractivity contribution in [1.29, 1.82) is 0 Å². The van der Waals surface area contributed by atoms with Gasteiger partial charge in [-0.15, -0.1) is 0 Å². The molecule has 1 aliphatic rings. The highest BCUT2D eigenvalue weighted by Gasteiger charge is 2.37. The monoisotopic (exact) mass is 388 g/mol. The summed E-state index contributed by atoms with van der Waals surface area (Å²) in [5.74, 6) is 0.940. The number of nitrogens with one attached hydrogen (secondary N) is 2. The first kappa shape index (κ1) is 18.7. The fraction of sp³-hybridized carbons (Fsp3) is 0.278. The number of methoxy groups -OCH3 is 3. The van der Waals surface area contributed by atoms with Crippen LogP contribution in [0.5, 0.6) is 11.5 Å². The zero-order chi connectivity index (χ0) is 19.7. The average Bonchev–Trinajstić information content (AvgIpc) is 2.65. The first-order valence-electron chi connectivity index (χ1n) is 8.09. The molecule has 1 aromatic heterocycles. The van der Waals surface area contributed by atoms with Crippen LogP contribution in [-0.4, -0.2) is 37.3 Å². The van der Waals surface area contributed by atoms with Crippen molar-refractivity contribution in [2.45, 2.75) is 12.8 Å². The highest BCUT2D eigenvalue weighted by atomic mass is 32.1. The van der Waals surface area contributed by atoms with Crippen LogP contribution in [0.2, 0.25) is 0 Å². The highest BCUT2D eigenvalue weighted by molar-refractivity contribution is 7.71. The number of esters is 1. The lowest BCUT2D eigenvalue weighted by atomic mass is 9.81. The van der Waals surface area contributed by atoms with E-state index in [0.717, 1.165) is 5.56 Å². The zero-order valence-corrected chi connectivity index (χ0v) is 16.2. The molecule has 142 valence electrons. The Kier molecular flexibility index (Phi) is 5.04. The lowest BCUT2D eigenvalue weighted by molar-refractivity contribution is -0.136. The molecule has 4 N–H and O–H groups in total. The molecule has 2 aromatic rings. The van der Waals surface area contributed by atoms with Crippen molar-refractivity contribution in [3.8, 4) is 11.5 Å². The number of aromatic nitrogens is 2. The van der Waals surface area contributed by atoms with E-state index in [-0.39, 0.29) is 4.77 Å². The number of ether oxygens (including phenoxy) is 3. The average molecular weight is 388 g/mol. The Balaban J connectivity index is 2.33. The molecule has 2 heterocycles. The van der Waals surface area contributed by atoms with Crippen molar-refractivity contribution in [1.82, 2.24) is 9.97 Å². The van der Waals surface area contributed by atoms with Crippen LogP contribution in [0.3, 0.4) is 0 Å². The fourth-order valence-corrected chi connectivity index (χ4v) is 3.44. The Morgan fingerprint density at radius 3 is 2.63 bits per heavy atom. The summed E-state index contributed by atoms with van der Waals surface area (Å²) in [6.07, 6.45) is 0. The number of nitrogens with two attached hydrogens (primary N) is 1. The van der Waals surface area contributed by atoms with E-state index in [1.807, 2.05) is 6.07 Å². The number of nitrogen functional groups attached to an aromatic ring is 1. The van der Waals surface area contributed by atoms with Gasteiger partial charge in [-0.1, -0.05) is 6.07 Å². The number of anilines is 2. The molecule has 0 fully saturated rings. The highest BCUT2D eigenvalue weighted by Crippen LogP contribution is 2.46. The van der Waals surface area contributed by atoms with Crippen LogP contribution in [0, 0.1) is 4.77 Å². The van der Waals surface area contributed by atoms with Gasteiger partial charge in [0, 0.05) is 22.9 Å². The number of nitrogens with zero attached hydrogens (tertiary/aromatic N) is 1. The molecule has 0 amide bonds. The molecule has 1 unspecified atom stereocenters. The number of rotatable bonds is 4. The molecule has 0 bridgehead atoms. The summed E-state index contributed by atoms with van der Waals surface area (Å²) < 4.78 is 16.1. The fourth-order valence-electron chi connectivity index (χ4n) is 3.24. The quantitative estimate of drug-likeness (QED) is 0.541. The van der Waals surface area contributed by atoms with Crippen LogP contribution in [0.4, 0.5) is 11.6 Å². The number of allylic oxidation sites excluding steroid dienone is 1. The van der Waals surface area contributed by atoms with Gasteiger partial charge in [-0.25, -0.2) is 9.78 Å². The van der Waals surface area contributed by atoms with E-state index in [2.05, 4.69) is 15.3 Å². The van der Waals surface area contributed by atoms with E-state index < -0.39 is 11.9 Å². The number of carbonyl (C=O) groups excluding carboxylic acids is 1. The van der Waals surface area contributed by atoms with Gasteiger partial charge in [0.15, 0.2) is 4.77 Å². The van der Waals surface area contributed by atoms with Crippen LogP contribution >= 0.6 is 12.2 Å². The van der Waals surface area contributed by atoms with Crippen LogP contribution in [0.25, 0.3) is 0 Å². The standard InChI is InChI=1S/C18H20N4O4S/c1-8-12(17(23)26-4)13(10-6-5-9(24-2)7-11(10)25-3)14-15(19)21-18(27)22-16(14)20-8/h5-7,13H,1-4H3,(H4,19,20,21,22,27). The normalized spacial score (nSPS) is 15.6. The Morgan fingerprint density at radius 2 is 2.00 bits per heavy atom. The molecule has 1 aliphatic heterocycles. The number of carbonyl (C=O) groups is 1. The minimum atomic E-state index is -0.561. The second kappa shape index (κ2) is 7.28. The summed E-state index contributed by atoms with van der Waals surface area (Å²) in [4.78, 5) is 19.8. The van der Waals surface area contributed by atoms with Crippen molar-refractivity contribution in [3.63, 3.8) is 0 Å². The summed E-state index contributed by atoms with van der Waals surface area (Å²) in [5, 5.41) is 3.10. The van der Waals surface area contributed by atoms with Crippen LogP contribution in [0.1, 0.15) is 24.0 Å². The van der Waals surface area contributed by atoms with E-state index in [4.69, 9.17) is 32.2 Å². The molecule has 0 aliphatic carbocycles. The summed E-state index contributed by atoms with van der Waals surface area (Å²) in [6, 6.07) is 5.36. The Labute approximate surface area is 161 Å². The van der Waals surface area contributed by atoms with Crippen molar-refractivity contribution < 1.29 is 19.0 Å². The van der Waals surface area contributed by atoms with Gasteiger partial charge in [-0.2, -0.15) is 0 Å². The molecule has 9 heteroatoms.